The lowest BCUT2D eigenvalue weighted by atomic mass is 10.1. The first-order valence-electron chi connectivity index (χ1n) is 4.00. The van der Waals surface area contributed by atoms with Crippen molar-refractivity contribution in [2.45, 2.75) is 6.10 Å². The van der Waals surface area contributed by atoms with Crippen LogP contribution in [-0.4, -0.2) is 13.9 Å². The van der Waals surface area contributed by atoms with Crippen LogP contribution in [0.15, 0.2) is 30.3 Å². The zero-order chi connectivity index (χ0) is 9.52. The smallest absolute Gasteiger partial charge is 0.148 e. The van der Waals surface area contributed by atoms with Gasteiger partial charge in [0.15, 0.2) is 0 Å². The Hall–Kier alpha value is -1.30. The van der Waals surface area contributed by atoms with Gasteiger partial charge in [0.1, 0.15) is 12.9 Å². The molecule has 1 aromatic carbocycles. The van der Waals surface area contributed by atoms with Crippen LogP contribution in [0.25, 0.3) is 0 Å². The minimum Gasteiger partial charge on any atom is -0.359 e. The summed E-state index contributed by atoms with van der Waals surface area (Å²) < 4.78 is 10.0. The molecular formula is C11H12O2. The predicted octanol–water partition coefficient (Wildman–Crippen LogP) is 1.98. The van der Waals surface area contributed by atoms with E-state index in [1.807, 2.05) is 30.3 Å². The van der Waals surface area contributed by atoms with E-state index in [0.29, 0.717) is 0 Å². The van der Waals surface area contributed by atoms with Crippen LogP contribution in [0, 0.1) is 12.3 Å². The Morgan fingerprint density at radius 3 is 2.62 bits per heavy atom. The summed E-state index contributed by atoms with van der Waals surface area (Å²) in [5.41, 5.74) is 0.974. The molecule has 1 rings (SSSR count). The van der Waals surface area contributed by atoms with Crippen LogP contribution in [0.4, 0.5) is 0 Å². The Labute approximate surface area is 78.5 Å². The second kappa shape index (κ2) is 5.36. The fourth-order valence-electron chi connectivity index (χ4n) is 1.00. The van der Waals surface area contributed by atoms with Crippen LogP contribution in [0.3, 0.4) is 0 Å². The molecule has 0 saturated heterocycles. The van der Waals surface area contributed by atoms with E-state index in [2.05, 4.69) is 5.92 Å². The average Bonchev–Trinajstić information content (AvgIpc) is 2.21. The van der Waals surface area contributed by atoms with Gasteiger partial charge in [0.2, 0.25) is 0 Å². The third-order valence-electron chi connectivity index (χ3n) is 1.61. The fourth-order valence-corrected chi connectivity index (χ4v) is 1.00. The van der Waals surface area contributed by atoms with Crippen molar-refractivity contribution >= 4 is 0 Å². The maximum atomic E-state index is 5.32. The number of benzene rings is 1. The molecule has 0 fully saturated rings. The summed E-state index contributed by atoms with van der Waals surface area (Å²) in [5, 5.41) is 0. The van der Waals surface area contributed by atoms with Gasteiger partial charge in [-0.25, -0.2) is 0 Å². The van der Waals surface area contributed by atoms with Gasteiger partial charge in [0.05, 0.1) is 0 Å². The van der Waals surface area contributed by atoms with Crippen LogP contribution < -0.4 is 0 Å². The summed E-state index contributed by atoms with van der Waals surface area (Å²) in [4.78, 5) is 0. The van der Waals surface area contributed by atoms with Gasteiger partial charge in [-0.1, -0.05) is 36.3 Å². The first-order valence-corrected chi connectivity index (χ1v) is 4.00. The number of ether oxygens (including phenoxy) is 2. The van der Waals surface area contributed by atoms with E-state index in [1.54, 1.807) is 7.11 Å². The van der Waals surface area contributed by atoms with E-state index in [-0.39, 0.29) is 12.9 Å². The topological polar surface area (TPSA) is 18.5 Å². The summed E-state index contributed by atoms with van der Waals surface area (Å²) in [6.07, 6.45) is 5.00. The van der Waals surface area contributed by atoms with Gasteiger partial charge in [-0.3, -0.25) is 0 Å². The van der Waals surface area contributed by atoms with E-state index >= 15 is 0 Å². The zero-order valence-corrected chi connectivity index (χ0v) is 7.57. The molecule has 0 amide bonds. The Morgan fingerprint density at radius 1 is 1.38 bits per heavy atom. The molecule has 13 heavy (non-hydrogen) atoms. The molecule has 2 nitrogen and oxygen atoms in total. The van der Waals surface area contributed by atoms with Gasteiger partial charge in [-0.15, -0.1) is 6.42 Å². The molecule has 0 radical (unpaired) electrons. The zero-order valence-electron chi connectivity index (χ0n) is 7.57. The normalized spacial score (nSPS) is 12.0. The standard InChI is InChI=1S/C11H12O2/c1-3-11(13-9-12-2)10-7-5-4-6-8-10/h1,4-8,11H,9H2,2H3. The lowest BCUT2D eigenvalue weighted by molar-refractivity contribution is -0.0534. The molecule has 0 aromatic heterocycles. The highest BCUT2D eigenvalue weighted by Gasteiger charge is 2.06. The molecule has 2 heteroatoms. The maximum Gasteiger partial charge on any atom is 0.148 e. The molecule has 1 aromatic rings. The largest absolute Gasteiger partial charge is 0.359 e. The van der Waals surface area contributed by atoms with E-state index in [4.69, 9.17) is 15.9 Å². The Kier molecular flexibility index (Phi) is 4.04. The van der Waals surface area contributed by atoms with Crippen molar-refractivity contribution < 1.29 is 9.47 Å². The quantitative estimate of drug-likeness (QED) is 0.516. The molecule has 0 saturated carbocycles. The molecular weight excluding hydrogens is 164 g/mol. The molecule has 0 bridgehead atoms. The first-order chi connectivity index (χ1) is 6.38. The highest BCUT2D eigenvalue weighted by atomic mass is 16.7. The van der Waals surface area contributed by atoms with Crippen LogP contribution in [-0.2, 0) is 9.47 Å². The van der Waals surface area contributed by atoms with Gasteiger partial charge in [-0.05, 0) is 5.56 Å². The van der Waals surface area contributed by atoms with Crippen molar-refractivity contribution in [3.63, 3.8) is 0 Å². The van der Waals surface area contributed by atoms with Gasteiger partial charge in [0, 0.05) is 7.11 Å². The minimum absolute atomic E-state index is 0.212. The second-order valence-corrected chi connectivity index (χ2v) is 2.53. The fraction of sp³-hybridized carbons (Fsp3) is 0.273. The summed E-state index contributed by atoms with van der Waals surface area (Å²) in [6.45, 7) is 0.212. The number of hydrogen-bond donors (Lipinski definition) is 0. The molecule has 0 aliphatic heterocycles. The summed E-state index contributed by atoms with van der Waals surface area (Å²) in [7, 11) is 1.57. The molecule has 0 N–H and O–H groups in total. The van der Waals surface area contributed by atoms with Crippen molar-refractivity contribution in [1.82, 2.24) is 0 Å². The van der Waals surface area contributed by atoms with Gasteiger partial charge in [-0.2, -0.15) is 0 Å². The van der Waals surface area contributed by atoms with E-state index in [1.165, 1.54) is 0 Å². The third-order valence-corrected chi connectivity index (χ3v) is 1.61. The highest BCUT2D eigenvalue weighted by molar-refractivity contribution is 5.23. The summed E-state index contributed by atoms with van der Waals surface area (Å²) in [6, 6.07) is 9.65. The maximum absolute atomic E-state index is 5.32. The van der Waals surface area contributed by atoms with Gasteiger partial charge >= 0.3 is 0 Å². The van der Waals surface area contributed by atoms with Crippen LogP contribution in [0.2, 0.25) is 0 Å². The molecule has 1 unspecified atom stereocenters. The lowest BCUT2D eigenvalue weighted by Crippen LogP contribution is -2.04. The first kappa shape index (κ1) is 9.79. The Morgan fingerprint density at radius 2 is 2.08 bits per heavy atom. The molecule has 1 atom stereocenters. The number of terminal acetylenes is 1. The van der Waals surface area contributed by atoms with E-state index in [0.717, 1.165) is 5.56 Å². The van der Waals surface area contributed by atoms with Gasteiger partial charge < -0.3 is 9.47 Å². The number of methoxy groups -OCH3 is 1. The number of rotatable bonds is 4. The monoisotopic (exact) mass is 176 g/mol. The van der Waals surface area contributed by atoms with Crippen molar-refractivity contribution in [2.75, 3.05) is 13.9 Å². The molecule has 0 aliphatic rings. The predicted molar refractivity (Wildman–Crippen MR) is 51.0 cm³/mol. The van der Waals surface area contributed by atoms with Crippen molar-refractivity contribution in [1.29, 1.82) is 0 Å². The van der Waals surface area contributed by atoms with Crippen molar-refractivity contribution in [3.05, 3.63) is 35.9 Å². The summed E-state index contributed by atoms with van der Waals surface area (Å²) in [5.74, 6) is 2.55. The van der Waals surface area contributed by atoms with Gasteiger partial charge in [0.25, 0.3) is 0 Å². The average molecular weight is 176 g/mol. The number of hydrogen-bond acceptors (Lipinski definition) is 2. The Bertz CT molecular complexity index is 274. The third kappa shape index (κ3) is 2.90. The SMILES string of the molecule is C#CC(OCOC)c1ccccc1. The van der Waals surface area contributed by atoms with Crippen molar-refractivity contribution in [2.24, 2.45) is 0 Å². The molecule has 0 heterocycles. The minimum atomic E-state index is -0.318. The second-order valence-electron chi connectivity index (χ2n) is 2.53. The van der Waals surface area contributed by atoms with Crippen LogP contribution in [0.5, 0.6) is 0 Å². The Balaban J connectivity index is 2.63. The molecule has 0 spiro atoms. The van der Waals surface area contributed by atoms with E-state index in [9.17, 15) is 0 Å². The molecule has 0 aliphatic carbocycles. The van der Waals surface area contributed by atoms with Crippen LogP contribution >= 0.6 is 0 Å². The van der Waals surface area contributed by atoms with E-state index < -0.39 is 0 Å². The highest BCUT2D eigenvalue weighted by Crippen LogP contribution is 2.15. The summed E-state index contributed by atoms with van der Waals surface area (Å²) >= 11 is 0. The van der Waals surface area contributed by atoms with Crippen LogP contribution in [0.1, 0.15) is 11.7 Å². The van der Waals surface area contributed by atoms with Crippen molar-refractivity contribution in [3.8, 4) is 12.3 Å². The lowest BCUT2D eigenvalue weighted by Gasteiger charge is -2.10. The molecule has 68 valence electrons.